The van der Waals surface area contributed by atoms with Gasteiger partial charge in [0.15, 0.2) is 5.11 Å². The van der Waals surface area contributed by atoms with Crippen LogP contribution in [0.3, 0.4) is 0 Å². The predicted octanol–water partition coefficient (Wildman–Crippen LogP) is 2.93. The van der Waals surface area contributed by atoms with Gasteiger partial charge < -0.3 is 25.0 Å². The molecule has 3 N–H and O–H groups in total. The maximum atomic E-state index is 11.2. The number of carboxylic acid groups (broad SMARTS) is 1. The lowest BCUT2D eigenvalue weighted by Gasteiger charge is -2.28. The summed E-state index contributed by atoms with van der Waals surface area (Å²) in [6, 6.07) is 16.3. The normalized spacial score (nSPS) is 18.4. The third-order valence-electron chi connectivity index (χ3n) is 5.23. The Hall–Kier alpha value is -3.23. The summed E-state index contributed by atoms with van der Waals surface area (Å²) in [5.74, 6) is -0.954. The Balaban J connectivity index is 1.76. The fraction of sp³-hybridized carbons (Fsp3) is 0.227. The highest BCUT2D eigenvalue weighted by Gasteiger charge is 2.40. The van der Waals surface area contributed by atoms with Crippen molar-refractivity contribution in [2.45, 2.75) is 18.5 Å². The van der Waals surface area contributed by atoms with E-state index in [0.717, 1.165) is 17.1 Å². The molecule has 1 aromatic carbocycles. The zero-order chi connectivity index (χ0) is 21.1. The minimum Gasteiger partial charge on any atom is -0.478 e. The van der Waals surface area contributed by atoms with Crippen molar-refractivity contribution in [1.29, 1.82) is 0 Å². The molecule has 4 rings (SSSR count). The minimum atomic E-state index is -0.954. The SMILES string of the molecule is O=C(O)c1ccc(-n2cccc2[C@H]2[C@@H](c3ccccn3)NC(=S)N2CCCO)cc1. The summed E-state index contributed by atoms with van der Waals surface area (Å²) in [6.45, 7) is 0.692. The number of nitrogens with zero attached hydrogens (tertiary/aromatic N) is 3. The second kappa shape index (κ2) is 8.64. The van der Waals surface area contributed by atoms with Crippen molar-refractivity contribution >= 4 is 23.3 Å². The summed E-state index contributed by atoms with van der Waals surface area (Å²) in [5.41, 5.74) is 2.98. The molecule has 154 valence electrons. The van der Waals surface area contributed by atoms with Crippen LogP contribution in [0, 0.1) is 0 Å². The van der Waals surface area contributed by atoms with Gasteiger partial charge in [-0.15, -0.1) is 0 Å². The van der Waals surface area contributed by atoms with Gasteiger partial charge in [0.2, 0.25) is 0 Å². The Bertz CT molecular complexity index is 1040. The zero-order valence-corrected chi connectivity index (χ0v) is 17.0. The number of aliphatic hydroxyl groups is 1. The third-order valence-corrected chi connectivity index (χ3v) is 5.58. The highest BCUT2D eigenvalue weighted by atomic mass is 32.1. The second-order valence-corrected chi connectivity index (χ2v) is 7.44. The standard InChI is InChI=1S/C22H22N4O3S/c27-14-4-13-26-20(19(24-22(26)30)17-5-1-2-11-23-17)18-6-3-12-25(18)16-9-7-15(8-10-16)21(28)29/h1-3,5-12,19-20,27H,4,13-14H2,(H,24,30)(H,28,29)/t19-,20+/m1/s1. The molecular formula is C22H22N4O3S. The smallest absolute Gasteiger partial charge is 0.335 e. The lowest BCUT2D eigenvalue weighted by Crippen LogP contribution is -2.31. The number of aliphatic hydroxyl groups excluding tert-OH is 1. The summed E-state index contributed by atoms with van der Waals surface area (Å²) in [7, 11) is 0. The fourth-order valence-electron chi connectivity index (χ4n) is 3.84. The molecule has 0 bridgehead atoms. The monoisotopic (exact) mass is 422 g/mol. The predicted molar refractivity (Wildman–Crippen MR) is 117 cm³/mol. The van der Waals surface area contributed by atoms with Gasteiger partial charge in [-0.2, -0.15) is 0 Å². The molecule has 30 heavy (non-hydrogen) atoms. The van der Waals surface area contributed by atoms with Crippen molar-refractivity contribution < 1.29 is 15.0 Å². The molecular weight excluding hydrogens is 400 g/mol. The van der Waals surface area contributed by atoms with E-state index in [1.165, 1.54) is 0 Å². The minimum absolute atomic E-state index is 0.0811. The number of hydrogen-bond acceptors (Lipinski definition) is 4. The van der Waals surface area contributed by atoms with Gasteiger partial charge in [-0.3, -0.25) is 4.98 Å². The molecule has 1 fully saturated rings. The summed E-state index contributed by atoms with van der Waals surface area (Å²) in [6.07, 6.45) is 4.31. The molecule has 0 radical (unpaired) electrons. The van der Waals surface area contributed by atoms with E-state index in [-0.39, 0.29) is 24.3 Å². The van der Waals surface area contributed by atoms with Crippen LogP contribution in [-0.4, -0.2) is 48.9 Å². The highest BCUT2D eigenvalue weighted by Crippen LogP contribution is 2.39. The van der Waals surface area contributed by atoms with E-state index in [9.17, 15) is 15.0 Å². The van der Waals surface area contributed by atoms with Crippen LogP contribution in [0.5, 0.6) is 0 Å². The number of aromatic carboxylic acids is 1. The number of hydrogen-bond donors (Lipinski definition) is 3. The van der Waals surface area contributed by atoms with Crippen LogP contribution < -0.4 is 5.32 Å². The van der Waals surface area contributed by atoms with Gasteiger partial charge in [-0.05, 0) is 67.2 Å². The quantitative estimate of drug-likeness (QED) is 0.504. The molecule has 2 atom stereocenters. The first kappa shape index (κ1) is 20.1. The van der Waals surface area contributed by atoms with Crippen LogP contribution >= 0.6 is 12.2 Å². The van der Waals surface area contributed by atoms with E-state index in [4.69, 9.17) is 12.2 Å². The number of carbonyl (C=O) groups is 1. The average molecular weight is 423 g/mol. The highest BCUT2D eigenvalue weighted by molar-refractivity contribution is 7.80. The maximum Gasteiger partial charge on any atom is 0.335 e. The lowest BCUT2D eigenvalue weighted by molar-refractivity contribution is 0.0697. The molecule has 0 spiro atoms. The first-order chi connectivity index (χ1) is 14.6. The van der Waals surface area contributed by atoms with Crippen molar-refractivity contribution in [3.05, 3.63) is 83.9 Å². The van der Waals surface area contributed by atoms with Gasteiger partial charge in [0, 0.05) is 36.9 Å². The van der Waals surface area contributed by atoms with Crippen LogP contribution in [0.1, 0.15) is 40.3 Å². The van der Waals surface area contributed by atoms with Crippen LogP contribution in [0.4, 0.5) is 0 Å². The average Bonchev–Trinajstić information content (AvgIpc) is 3.37. The van der Waals surface area contributed by atoms with Crippen LogP contribution in [-0.2, 0) is 0 Å². The number of nitrogens with one attached hydrogen (secondary N) is 1. The Kier molecular flexibility index (Phi) is 5.78. The van der Waals surface area contributed by atoms with E-state index in [1.807, 2.05) is 41.1 Å². The molecule has 1 saturated heterocycles. The Morgan fingerprint density at radius 2 is 1.93 bits per heavy atom. The molecule has 3 aromatic rings. The fourth-order valence-corrected chi connectivity index (χ4v) is 4.18. The van der Waals surface area contributed by atoms with Gasteiger partial charge in [-0.25, -0.2) is 4.79 Å². The molecule has 1 aliphatic rings. The summed E-state index contributed by atoms with van der Waals surface area (Å²) >= 11 is 5.62. The lowest BCUT2D eigenvalue weighted by atomic mass is 10.0. The van der Waals surface area contributed by atoms with E-state index < -0.39 is 5.97 Å². The number of thiocarbonyl (C=S) groups is 1. The Morgan fingerprint density at radius 3 is 2.60 bits per heavy atom. The molecule has 0 aliphatic carbocycles. The van der Waals surface area contributed by atoms with Gasteiger partial charge in [0.05, 0.1) is 23.3 Å². The molecule has 2 aromatic heterocycles. The summed E-state index contributed by atoms with van der Waals surface area (Å²) in [4.78, 5) is 17.8. The van der Waals surface area contributed by atoms with Crippen molar-refractivity contribution in [2.75, 3.05) is 13.2 Å². The summed E-state index contributed by atoms with van der Waals surface area (Å²) < 4.78 is 2.04. The Morgan fingerprint density at radius 1 is 1.13 bits per heavy atom. The zero-order valence-electron chi connectivity index (χ0n) is 16.2. The van der Waals surface area contributed by atoms with Gasteiger partial charge in [0.1, 0.15) is 0 Å². The van der Waals surface area contributed by atoms with Crippen molar-refractivity contribution in [3.63, 3.8) is 0 Å². The number of pyridine rings is 1. The topological polar surface area (TPSA) is 90.6 Å². The summed E-state index contributed by atoms with van der Waals surface area (Å²) in [5, 5.41) is 22.6. The molecule has 0 amide bonds. The number of benzene rings is 1. The molecule has 7 nitrogen and oxygen atoms in total. The first-order valence-electron chi connectivity index (χ1n) is 9.70. The Labute approximate surface area is 179 Å². The largest absolute Gasteiger partial charge is 0.478 e. The number of carboxylic acids is 1. The second-order valence-electron chi connectivity index (χ2n) is 7.05. The van der Waals surface area contributed by atoms with Crippen molar-refractivity contribution in [1.82, 2.24) is 19.8 Å². The maximum absolute atomic E-state index is 11.2. The van der Waals surface area contributed by atoms with Gasteiger partial charge in [-0.1, -0.05) is 6.07 Å². The third kappa shape index (κ3) is 3.79. The van der Waals surface area contributed by atoms with Gasteiger partial charge >= 0.3 is 5.97 Å². The van der Waals surface area contributed by atoms with E-state index in [1.54, 1.807) is 30.5 Å². The number of rotatable bonds is 7. The number of aromatic nitrogens is 2. The molecule has 1 aliphatic heterocycles. The first-order valence-corrected chi connectivity index (χ1v) is 10.1. The van der Waals surface area contributed by atoms with Crippen LogP contribution in [0.15, 0.2) is 67.0 Å². The van der Waals surface area contributed by atoms with E-state index >= 15 is 0 Å². The molecule has 8 heteroatoms. The van der Waals surface area contributed by atoms with Gasteiger partial charge in [0.25, 0.3) is 0 Å². The van der Waals surface area contributed by atoms with Crippen molar-refractivity contribution in [2.24, 2.45) is 0 Å². The molecule has 0 unspecified atom stereocenters. The van der Waals surface area contributed by atoms with E-state index in [0.29, 0.717) is 18.1 Å². The molecule has 0 saturated carbocycles. The van der Waals surface area contributed by atoms with E-state index in [2.05, 4.69) is 15.2 Å². The van der Waals surface area contributed by atoms with Crippen molar-refractivity contribution in [3.8, 4) is 5.69 Å². The van der Waals surface area contributed by atoms with Crippen LogP contribution in [0.2, 0.25) is 0 Å². The molecule has 3 heterocycles. The van der Waals surface area contributed by atoms with Crippen LogP contribution in [0.25, 0.3) is 5.69 Å².